The number of hydrogen-bond acceptors (Lipinski definition) is 3. The van der Waals surface area contributed by atoms with E-state index < -0.39 is 6.04 Å². The number of esters is 1. The van der Waals surface area contributed by atoms with Crippen molar-refractivity contribution in [2.24, 2.45) is 5.92 Å². The third-order valence-electron chi connectivity index (χ3n) is 3.33. The number of nitrogens with zero attached hydrogens (tertiary/aromatic N) is 1. The zero-order chi connectivity index (χ0) is 13.1. The fourth-order valence-electron chi connectivity index (χ4n) is 2.33. The Kier molecular flexibility index (Phi) is 3.65. The van der Waals surface area contributed by atoms with Crippen molar-refractivity contribution in [1.29, 1.82) is 0 Å². The third-order valence-corrected chi connectivity index (χ3v) is 3.33. The quantitative estimate of drug-likeness (QED) is 0.762. The van der Waals surface area contributed by atoms with Crippen LogP contribution in [-0.4, -0.2) is 29.9 Å². The standard InChI is InChI=1S/C14H17NO3/c1-10-8-12(14(17)18-2)15(13(10)16)9-11-6-4-3-5-7-11/h3-7,10,12H,8-9H2,1-2H3/t10-,12+/m1/s1. The third kappa shape index (κ3) is 2.37. The number of hydrogen-bond donors (Lipinski definition) is 0. The van der Waals surface area contributed by atoms with Gasteiger partial charge in [-0.05, 0) is 12.0 Å². The Morgan fingerprint density at radius 3 is 2.67 bits per heavy atom. The number of carbonyl (C=O) groups excluding carboxylic acids is 2. The van der Waals surface area contributed by atoms with Crippen LogP contribution in [0.3, 0.4) is 0 Å². The second-order valence-electron chi connectivity index (χ2n) is 4.63. The summed E-state index contributed by atoms with van der Waals surface area (Å²) in [5.74, 6) is -0.421. The van der Waals surface area contributed by atoms with Gasteiger partial charge in [0.25, 0.3) is 0 Å². The molecule has 0 unspecified atom stereocenters. The van der Waals surface area contributed by atoms with Crippen molar-refractivity contribution in [3.63, 3.8) is 0 Å². The summed E-state index contributed by atoms with van der Waals surface area (Å²) in [7, 11) is 1.36. The van der Waals surface area contributed by atoms with Crippen molar-refractivity contribution in [3.05, 3.63) is 35.9 Å². The van der Waals surface area contributed by atoms with Gasteiger partial charge in [0, 0.05) is 12.5 Å². The van der Waals surface area contributed by atoms with Crippen LogP contribution in [0.25, 0.3) is 0 Å². The van der Waals surface area contributed by atoms with Gasteiger partial charge in [-0.3, -0.25) is 4.79 Å². The zero-order valence-electron chi connectivity index (χ0n) is 10.6. The van der Waals surface area contributed by atoms with Gasteiger partial charge < -0.3 is 9.64 Å². The van der Waals surface area contributed by atoms with E-state index in [1.54, 1.807) is 4.90 Å². The van der Waals surface area contributed by atoms with Crippen LogP contribution in [0.2, 0.25) is 0 Å². The summed E-state index contributed by atoms with van der Waals surface area (Å²) in [5.41, 5.74) is 1.02. The molecule has 1 aliphatic rings. The minimum absolute atomic E-state index is 0.0225. The maximum Gasteiger partial charge on any atom is 0.328 e. The first-order valence-corrected chi connectivity index (χ1v) is 6.05. The molecule has 1 heterocycles. The molecule has 1 aliphatic heterocycles. The van der Waals surface area contributed by atoms with Crippen molar-refractivity contribution in [3.8, 4) is 0 Å². The van der Waals surface area contributed by atoms with Crippen LogP contribution in [0, 0.1) is 5.92 Å². The van der Waals surface area contributed by atoms with Crippen LogP contribution in [0.4, 0.5) is 0 Å². The summed E-state index contributed by atoms with van der Waals surface area (Å²) in [6.07, 6.45) is 0.540. The average Bonchev–Trinajstić information content (AvgIpc) is 2.67. The molecule has 1 saturated heterocycles. The highest BCUT2D eigenvalue weighted by Gasteiger charge is 2.41. The molecule has 1 fully saturated rings. The maximum atomic E-state index is 12.1. The van der Waals surface area contributed by atoms with Crippen LogP contribution in [0.1, 0.15) is 18.9 Å². The molecule has 0 radical (unpaired) electrons. The Labute approximate surface area is 107 Å². The number of likely N-dealkylation sites (tertiary alicyclic amines) is 1. The molecule has 1 aromatic rings. The highest BCUT2D eigenvalue weighted by atomic mass is 16.5. The van der Waals surface area contributed by atoms with E-state index in [1.165, 1.54) is 7.11 Å². The summed E-state index contributed by atoms with van der Waals surface area (Å²) < 4.78 is 4.77. The predicted octanol–water partition coefficient (Wildman–Crippen LogP) is 1.60. The van der Waals surface area contributed by atoms with E-state index in [2.05, 4.69) is 0 Å². The first-order valence-electron chi connectivity index (χ1n) is 6.05. The van der Waals surface area contributed by atoms with Crippen molar-refractivity contribution < 1.29 is 14.3 Å². The zero-order valence-corrected chi connectivity index (χ0v) is 10.6. The lowest BCUT2D eigenvalue weighted by Crippen LogP contribution is -2.38. The van der Waals surface area contributed by atoms with E-state index in [0.29, 0.717) is 13.0 Å². The van der Waals surface area contributed by atoms with Gasteiger partial charge in [0.05, 0.1) is 7.11 Å². The van der Waals surface area contributed by atoms with Gasteiger partial charge in [-0.25, -0.2) is 4.79 Å². The van der Waals surface area contributed by atoms with Crippen molar-refractivity contribution in [2.75, 3.05) is 7.11 Å². The molecule has 1 amide bonds. The molecule has 0 spiro atoms. The maximum absolute atomic E-state index is 12.1. The molecule has 4 nitrogen and oxygen atoms in total. The second-order valence-corrected chi connectivity index (χ2v) is 4.63. The number of amides is 1. The lowest BCUT2D eigenvalue weighted by atomic mass is 10.1. The number of ether oxygens (including phenoxy) is 1. The number of rotatable bonds is 3. The van der Waals surface area contributed by atoms with Gasteiger partial charge >= 0.3 is 5.97 Å². The van der Waals surface area contributed by atoms with Crippen molar-refractivity contribution in [2.45, 2.75) is 25.9 Å². The average molecular weight is 247 g/mol. The molecular formula is C14H17NO3. The van der Waals surface area contributed by atoms with Gasteiger partial charge in [-0.15, -0.1) is 0 Å². The van der Waals surface area contributed by atoms with Crippen LogP contribution in [0.15, 0.2) is 30.3 Å². The van der Waals surface area contributed by atoms with Gasteiger partial charge in [0.2, 0.25) is 5.91 Å². The number of carbonyl (C=O) groups is 2. The molecule has 1 aromatic carbocycles. The lowest BCUT2D eigenvalue weighted by molar-refractivity contribution is -0.149. The monoisotopic (exact) mass is 247 g/mol. The van der Waals surface area contributed by atoms with E-state index in [0.717, 1.165) is 5.56 Å². The highest BCUT2D eigenvalue weighted by molar-refractivity contribution is 5.89. The molecule has 0 saturated carbocycles. The smallest absolute Gasteiger partial charge is 0.328 e. The largest absolute Gasteiger partial charge is 0.467 e. The SMILES string of the molecule is COC(=O)[C@@H]1C[C@@H](C)C(=O)N1Cc1ccccc1. The second kappa shape index (κ2) is 5.21. The van der Waals surface area contributed by atoms with E-state index >= 15 is 0 Å². The fourth-order valence-corrected chi connectivity index (χ4v) is 2.33. The summed E-state index contributed by atoms with van der Waals surface area (Å²) in [5, 5.41) is 0. The Morgan fingerprint density at radius 1 is 1.39 bits per heavy atom. The Balaban J connectivity index is 2.17. The van der Waals surface area contributed by atoms with E-state index in [9.17, 15) is 9.59 Å². The molecule has 4 heteroatoms. The molecule has 0 N–H and O–H groups in total. The summed E-state index contributed by atoms with van der Waals surface area (Å²) >= 11 is 0. The van der Waals surface area contributed by atoms with Crippen molar-refractivity contribution >= 4 is 11.9 Å². The van der Waals surface area contributed by atoms with Gasteiger partial charge in [0.15, 0.2) is 0 Å². The topological polar surface area (TPSA) is 46.6 Å². The first-order chi connectivity index (χ1) is 8.63. The molecule has 0 aliphatic carbocycles. The summed E-state index contributed by atoms with van der Waals surface area (Å²) in [6.45, 7) is 2.31. The number of benzene rings is 1. The molecule has 18 heavy (non-hydrogen) atoms. The van der Waals surface area contributed by atoms with Gasteiger partial charge in [0.1, 0.15) is 6.04 Å². The molecule has 0 aromatic heterocycles. The van der Waals surface area contributed by atoms with Crippen LogP contribution < -0.4 is 0 Å². The summed E-state index contributed by atoms with van der Waals surface area (Å²) in [4.78, 5) is 25.4. The molecule has 2 rings (SSSR count). The summed E-state index contributed by atoms with van der Waals surface area (Å²) in [6, 6.07) is 9.22. The van der Waals surface area contributed by atoms with E-state index in [-0.39, 0.29) is 17.8 Å². The minimum Gasteiger partial charge on any atom is -0.467 e. The van der Waals surface area contributed by atoms with Crippen LogP contribution in [-0.2, 0) is 20.9 Å². The Morgan fingerprint density at radius 2 is 2.06 bits per heavy atom. The lowest BCUT2D eigenvalue weighted by Gasteiger charge is -2.22. The van der Waals surface area contributed by atoms with E-state index in [4.69, 9.17) is 4.74 Å². The minimum atomic E-state index is -0.447. The van der Waals surface area contributed by atoms with E-state index in [1.807, 2.05) is 37.3 Å². The van der Waals surface area contributed by atoms with Gasteiger partial charge in [-0.2, -0.15) is 0 Å². The Bertz CT molecular complexity index is 444. The van der Waals surface area contributed by atoms with Crippen LogP contribution in [0.5, 0.6) is 0 Å². The molecule has 96 valence electrons. The van der Waals surface area contributed by atoms with Crippen molar-refractivity contribution in [1.82, 2.24) is 4.90 Å². The molecular weight excluding hydrogens is 230 g/mol. The first kappa shape index (κ1) is 12.6. The molecule has 2 atom stereocenters. The highest BCUT2D eigenvalue weighted by Crippen LogP contribution is 2.26. The Hall–Kier alpha value is -1.84. The number of methoxy groups -OCH3 is 1. The molecule has 0 bridgehead atoms. The fraction of sp³-hybridized carbons (Fsp3) is 0.429. The predicted molar refractivity (Wildman–Crippen MR) is 66.6 cm³/mol. The van der Waals surface area contributed by atoms with Crippen LogP contribution >= 0.6 is 0 Å². The van der Waals surface area contributed by atoms with Gasteiger partial charge in [-0.1, -0.05) is 37.3 Å². The normalized spacial score (nSPS) is 23.2.